The van der Waals surface area contributed by atoms with Crippen LogP contribution in [0.4, 0.5) is 0 Å². The van der Waals surface area contributed by atoms with E-state index in [0.29, 0.717) is 7.25 Å². The Morgan fingerprint density at radius 1 is 0.733 bits per heavy atom. The van der Waals surface area contributed by atoms with Crippen LogP contribution < -0.4 is 24.8 Å². The Bertz CT molecular complexity index is 1100. The summed E-state index contributed by atoms with van der Waals surface area (Å²) in [5, 5.41) is 0. The molecule has 0 spiro atoms. The van der Waals surface area contributed by atoms with Gasteiger partial charge in [-0.1, -0.05) is 0 Å². The standard InChI is InChI=1S/C16H13.C11H11.2ClH.Zr/c1-12-10-14-8-5-9-15(16(14)11-12)13-6-3-2-4-7-13;1-2-9-7-10-5-3-4-6-11(10)8-9;;;/h2-11H,1H3;3-8H,2H2,1H3;2*1H;/q;;;;+2/p-2. The molecule has 0 amide bonds. The molecule has 2 atom stereocenters. The number of rotatable bonds is 4. The van der Waals surface area contributed by atoms with Crippen molar-refractivity contribution in [3.63, 3.8) is 0 Å². The molecule has 5 rings (SSSR count). The van der Waals surface area contributed by atoms with Gasteiger partial charge < -0.3 is 24.8 Å². The van der Waals surface area contributed by atoms with Crippen LogP contribution in [-0.2, 0) is 23.2 Å². The molecule has 0 saturated heterocycles. The molecule has 0 aliphatic heterocycles. The maximum Gasteiger partial charge on any atom is -1.00 e. The summed E-state index contributed by atoms with van der Waals surface area (Å²) in [4.78, 5) is 0. The van der Waals surface area contributed by atoms with Crippen LogP contribution in [0.15, 0.2) is 83.9 Å². The smallest absolute Gasteiger partial charge is 1.00 e. The second-order valence-electron chi connectivity index (χ2n) is 7.80. The van der Waals surface area contributed by atoms with E-state index in [1.807, 2.05) is 0 Å². The molecule has 0 aromatic heterocycles. The monoisotopic (exact) mass is 508 g/mol. The summed E-state index contributed by atoms with van der Waals surface area (Å²) >= 11 is -0.741. The van der Waals surface area contributed by atoms with E-state index in [1.165, 1.54) is 28.7 Å². The quantitative estimate of drug-likeness (QED) is 0.499. The molecule has 3 heteroatoms. The maximum absolute atomic E-state index is 2.47. The van der Waals surface area contributed by atoms with Gasteiger partial charge in [0.1, 0.15) is 0 Å². The first kappa shape index (κ1) is 23.3. The molecule has 0 heterocycles. The molecule has 3 aromatic rings. The fourth-order valence-electron chi connectivity index (χ4n) is 4.70. The Morgan fingerprint density at radius 3 is 2.20 bits per heavy atom. The number of benzene rings is 3. The number of hydrogen-bond acceptors (Lipinski definition) is 0. The maximum atomic E-state index is 2.47. The van der Waals surface area contributed by atoms with Gasteiger partial charge in [0.15, 0.2) is 0 Å². The minimum Gasteiger partial charge on any atom is -1.00 e. The summed E-state index contributed by atoms with van der Waals surface area (Å²) < 4.78 is 1.39. The normalized spacial score (nSPS) is 18.2. The molecule has 0 radical (unpaired) electrons. The van der Waals surface area contributed by atoms with E-state index < -0.39 is 23.2 Å². The molecule has 0 fully saturated rings. The molecule has 30 heavy (non-hydrogen) atoms. The summed E-state index contributed by atoms with van der Waals surface area (Å²) in [6.45, 7) is 4.68. The fraction of sp³-hybridized carbons (Fsp3) is 0.185. The van der Waals surface area contributed by atoms with Crippen LogP contribution in [0.5, 0.6) is 0 Å². The van der Waals surface area contributed by atoms with E-state index in [9.17, 15) is 0 Å². The molecule has 2 aliphatic carbocycles. The summed E-state index contributed by atoms with van der Waals surface area (Å²) in [7, 11) is 0. The third-order valence-corrected chi connectivity index (χ3v) is 11.3. The van der Waals surface area contributed by atoms with Crippen molar-refractivity contribution in [2.75, 3.05) is 0 Å². The van der Waals surface area contributed by atoms with Gasteiger partial charge in [-0.05, 0) is 0 Å². The fourth-order valence-corrected chi connectivity index (χ4v) is 9.75. The van der Waals surface area contributed by atoms with Crippen LogP contribution in [0.3, 0.4) is 0 Å². The summed E-state index contributed by atoms with van der Waals surface area (Å²) in [5.74, 6) is 0. The van der Waals surface area contributed by atoms with Crippen molar-refractivity contribution in [3.05, 3.63) is 106 Å². The first-order valence-electron chi connectivity index (χ1n) is 10.2. The Balaban J connectivity index is 0.00000128. The van der Waals surface area contributed by atoms with E-state index >= 15 is 0 Å². The Morgan fingerprint density at radius 2 is 1.43 bits per heavy atom. The van der Waals surface area contributed by atoms with Crippen LogP contribution in [0.1, 0.15) is 49.8 Å². The average Bonchev–Trinajstić information content (AvgIpc) is 3.26. The number of fused-ring (bicyclic) bond motifs is 2. The zero-order chi connectivity index (χ0) is 19.1. The SMILES string of the molecule is CCC1=Cc2ccccc2[CH]1[Zr+2][CH]1C(C)=Cc2c(-c3ccccc3)cccc21.[Cl-].[Cl-]. The second kappa shape index (κ2) is 9.82. The molecule has 0 nitrogen and oxygen atoms in total. The molecule has 2 aliphatic rings. The third kappa shape index (κ3) is 4.05. The van der Waals surface area contributed by atoms with Gasteiger partial charge in [-0.25, -0.2) is 0 Å². The number of halogens is 2. The first-order valence-corrected chi connectivity index (χ1v) is 13.0. The third-order valence-electron chi connectivity index (χ3n) is 6.12. The summed E-state index contributed by atoms with van der Waals surface area (Å²) in [5.41, 5.74) is 12.0. The van der Waals surface area contributed by atoms with E-state index in [1.54, 1.807) is 22.3 Å². The van der Waals surface area contributed by atoms with Gasteiger partial charge in [0.2, 0.25) is 0 Å². The predicted molar refractivity (Wildman–Crippen MR) is 116 cm³/mol. The molecule has 0 N–H and O–H groups in total. The van der Waals surface area contributed by atoms with Crippen molar-refractivity contribution >= 4 is 12.2 Å². The molecule has 0 saturated carbocycles. The van der Waals surface area contributed by atoms with Gasteiger partial charge in [0, 0.05) is 0 Å². The predicted octanol–water partition coefficient (Wildman–Crippen LogP) is 1.45. The average molecular weight is 511 g/mol. The Labute approximate surface area is 203 Å². The first-order chi connectivity index (χ1) is 13.8. The van der Waals surface area contributed by atoms with Gasteiger partial charge in [-0.2, -0.15) is 0 Å². The van der Waals surface area contributed by atoms with Gasteiger partial charge in [0.05, 0.1) is 0 Å². The molecule has 2 unspecified atom stereocenters. The van der Waals surface area contributed by atoms with Crippen LogP contribution in [0.2, 0.25) is 0 Å². The van der Waals surface area contributed by atoms with Gasteiger partial charge in [0.25, 0.3) is 0 Å². The van der Waals surface area contributed by atoms with Crippen molar-refractivity contribution in [1.82, 2.24) is 0 Å². The molecular formula is C27H24Cl2Zr. The zero-order valence-electron chi connectivity index (χ0n) is 17.2. The van der Waals surface area contributed by atoms with Crippen molar-refractivity contribution in [1.29, 1.82) is 0 Å². The summed E-state index contributed by atoms with van der Waals surface area (Å²) in [6.07, 6.45) is 6.11. The minimum atomic E-state index is -0.741. The van der Waals surface area contributed by atoms with E-state index in [4.69, 9.17) is 0 Å². The largest absolute Gasteiger partial charge is 1.00 e. The van der Waals surface area contributed by atoms with E-state index in [2.05, 4.69) is 98.8 Å². The van der Waals surface area contributed by atoms with E-state index in [0.717, 1.165) is 0 Å². The van der Waals surface area contributed by atoms with Crippen molar-refractivity contribution < 1.29 is 48.0 Å². The van der Waals surface area contributed by atoms with E-state index in [-0.39, 0.29) is 24.8 Å². The van der Waals surface area contributed by atoms with Crippen molar-refractivity contribution in [2.24, 2.45) is 0 Å². The zero-order valence-corrected chi connectivity index (χ0v) is 21.2. The van der Waals surface area contributed by atoms with Crippen molar-refractivity contribution in [2.45, 2.75) is 27.5 Å². The minimum absolute atomic E-state index is 0. The van der Waals surface area contributed by atoms with Crippen LogP contribution in [-0.4, -0.2) is 0 Å². The molecule has 150 valence electrons. The summed E-state index contributed by atoms with van der Waals surface area (Å²) in [6, 6.07) is 26.8. The number of hydrogen-bond donors (Lipinski definition) is 0. The topological polar surface area (TPSA) is 0 Å². The Hall–Kier alpha value is -1.40. The van der Waals surface area contributed by atoms with Crippen molar-refractivity contribution in [3.8, 4) is 11.1 Å². The second-order valence-corrected chi connectivity index (χ2v) is 11.5. The Kier molecular flexibility index (Phi) is 7.62. The van der Waals surface area contributed by atoms with Crippen LogP contribution >= 0.6 is 0 Å². The number of allylic oxidation sites excluding steroid dienone is 2. The van der Waals surface area contributed by atoms with Crippen LogP contribution in [0.25, 0.3) is 23.3 Å². The molecular weight excluding hydrogens is 486 g/mol. The molecule has 3 aromatic carbocycles. The molecule has 0 bridgehead atoms. The van der Waals surface area contributed by atoms with Gasteiger partial charge in [-0.3, -0.25) is 0 Å². The van der Waals surface area contributed by atoms with Crippen LogP contribution in [0, 0.1) is 0 Å². The van der Waals surface area contributed by atoms with Gasteiger partial charge >= 0.3 is 180 Å². The van der Waals surface area contributed by atoms with Gasteiger partial charge in [-0.15, -0.1) is 0 Å².